The predicted octanol–water partition coefficient (Wildman–Crippen LogP) is 1.82. The van der Waals surface area contributed by atoms with Crippen LogP contribution in [-0.2, 0) is 9.53 Å². The van der Waals surface area contributed by atoms with Gasteiger partial charge in [0.15, 0.2) is 0 Å². The minimum absolute atomic E-state index is 0.144. The smallest absolute Gasteiger partial charge is 0.240 e. The Morgan fingerprint density at radius 3 is 2.80 bits per heavy atom. The number of aliphatic imine (C=N–C) groups is 1. The maximum Gasteiger partial charge on any atom is 0.240 e. The van der Waals surface area contributed by atoms with Gasteiger partial charge in [0, 0.05) is 6.42 Å². The van der Waals surface area contributed by atoms with E-state index in [-0.39, 0.29) is 6.10 Å². The van der Waals surface area contributed by atoms with Gasteiger partial charge in [-0.1, -0.05) is 0 Å². The van der Waals surface area contributed by atoms with Crippen LogP contribution in [0, 0.1) is 0 Å². The Balaban J connectivity index is 1.99. The number of hydrogen-bond acceptors (Lipinski definition) is 4. The molecule has 1 aliphatic rings. The molecule has 0 spiro atoms. The lowest BCUT2D eigenvalue weighted by Crippen LogP contribution is -2.15. The second-order valence-corrected chi connectivity index (χ2v) is 3.30. The van der Waals surface area contributed by atoms with Crippen molar-refractivity contribution < 1.29 is 14.3 Å². The molecule has 0 bridgehead atoms. The van der Waals surface area contributed by atoms with Gasteiger partial charge >= 0.3 is 0 Å². The first-order valence-electron chi connectivity index (χ1n) is 4.81. The van der Waals surface area contributed by atoms with Crippen molar-refractivity contribution in [3.05, 3.63) is 24.3 Å². The fourth-order valence-electron chi connectivity index (χ4n) is 1.45. The molecule has 1 atom stereocenters. The largest absolute Gasteiger partial charge is 0.488 e. The normalized spacial score (nSPS) is 19.6. The summed E-state index contributed by atoms with van der Waals surface area (Å²) in [4.78, 5) is 13.5. The highest BCUT2D eigenvalue weighted by atomic mass is 16.5. The summed E-state index contributed by atoms with van der Waals surface area (Å²) in [6.45, 7) is 1.41. The van der Waals surface area contributed by atoms with Crippen molar-refractivity contribution in [1.82, 2.24) is 0 Å². The first-order valence-corrected chi connectivity index (χ1v) is 4.81. The summed E-state index contributed by atoms with van der Waals surface area (Å²) in [6.07, 6.45) is 2.56. The number of nitrogens with zero attached hydrogens (tertiary/aromatic N) is 1. The van der Waals surface area contributed by atoms with Gasteiger partial charge in [0.25, 0.3) is 0 Å². The molecule has 1 fully saturated rings. The van der Waals surface area contributed by atoms with Crippen molar-refractivity contribution in [2.75, 3.05) is 13.2 Å². The molecule has 15 heavy (non-hydrogen) atoms. The molecule has 1 heterocycles. The molecule has 2 rings (SSSR count). The van der Waals surface area contributed by atoms with E-state index in [1.807, 2.05) is 0 Å². The van der Waals surface area contributed by atoms with Crippen molar-refractivity contribution in [2.45, 2.75) is 12.5 Å². The Morgan fingerprint density at radius 2 is 2.20 bits per heavy atom. The summed E-state index contributed by atoms with van der Waals surface area (Å²) in [5.74, 6) is 0.773. The molecular formula is C11H11NO3. The highest BCUT2D eigenvalue weighted by Crippen LogP contribution is 2.20. The average Bonchev–Trinajstić information content (AvgIpc) is 2.74. The Hall–Kier alpha value is -1.64. The minimum Gasteiger partial charge on any atom is -0.488 e. The van der Waals surface area contributed by atoms with Crippen LogP contribution < -0.4 is 4.74 Å². The fourth-order valence-corrected chi connectivity index (χ4v) is 1.45. The summed E-state index contributed by atoms with van der Waals surface area (Å²) in [5.41, 5.74) is 0.583. The van der Waals surface area contributed by atoms with Gasteiger partial charge < -0.3 is 9.47 Å². The lowest BCUT2D eigenvalue weighted by molar-refractivity contribution is 0.141. The molecule has 4 nitrogen and oxygen atoms in total. The molecule has 1 aromatic carbocycles. The summed E-state index contributed by atoms with van der Waals surface area (Å²) in [6, 6.07) is 7.01. The topological polar surface area (TPSA) is 47.9 Å². The van der Waals surface area contributed by atoms with Gasteiger partial charge in [-0.2, -0.15) is 4.99 Å². The number of carbonyl (C=O) groups excluding carboxylic acids is 1. The number of benzene rings is 1. The molecule has 1 aromatic rings. The van der Waals surface area contributed by atoms with E-state index in [1.54, 1.807) is 24.3 Å². The molecule has 4 heteroatoms. The van der Waals surface area contributed by atoms with Crippen LogP contribution in [-0.4, -0.2) is 25.4 Å². The van der Waals surface area contributed by atoms with Gasteiger partial charge in [-0.15, -0.1) is 0 Å². The third-order valence-corrected chi connectivity index (χ3v) is 2.20. The van der Waals surface area contributed by atoms with Gasteiger partial charge in [-0.05, 0) is 24.3 Å². The number of hydrogen-bond donors (Lipinski definition) is 0. The second kappa shape index (κ2) is 4.73. The first-order chi connectivity index (χ1) is 7.38. The van der Waals surface area contributed by atoms with Crippen molar-refractivity contribution in [1.29, 1.82) is 0 Å². The highest BCUT2D eigenvalue weighted by molar-refractivity contribution is 5.50. The average molecular weight is 205 g/mol. The molecule has 1 saturated heterocycles. The maximum absolute atomic E-state index is 10.00. The third kappa shape index (κ3) is 2.65. The van der Waals surface area contributed by atoms with Crippen LogP contribution in [0.2, 0.25) is 0 Å². The molecule has 0 N–H and O–H groups in total. The number of ether oxygens (including phenoxy) is 2. The van der Waals surface area contributed by atoms with E-state index < -0.39 is 0 Å². The number of rotatable bonds is 3. The van der Waals surface area contributed by atoms with Crippen LogP contribution in [0.25, 0.3) is 0 Å². The molecule has 0 saturated carbocycles. The summed E-state index contributed by atoms with van der Waals surface area (Å²) in [5, 5.41) is 0. The third-order valence-electron chi connectivity index (χ3n) is 2.20. The zero-order chi connectivity index (χ0) is 10.5. The zero-order valence-corrected chi connectivity index (χ0v) is 8.18. The molecule has 0 aliphatic carbocycles. The van der Waals surface area contributed by atoms with Crippen molar-refractivity contribution in [3.63, 3.8) is 0 Å². The van der Waals surface area contributed by atoms with E-state index in [4.69, 9.17) is 9.47 Å². The Morgan fingerprint density at radius 1 is 1.40 bits per heavy atom. The Kier molecular flexibility index (Phi) is 3.12. The lowest BCUT2D eigenvalue weighted by atomic mass is 10.3. The molecule has 1 aliphatic heterocycles. The predicted molar refractivity (Wildman–Crippen MR) is 54.1 cm³/mol. The Bertz CT molecular complexity index is 362. The number of isocyanates is 1. The second-order valence-electron chi connectivity index (χ2n) is 3.30. The quantitative estimate of drug-likeness (QED) is 0.558. The zero-order valence-electron chi connectivity index (χ0n) is 8.18. The Labute approximate surface area is 87.5 Å². The SMILES string of the molecule is O=C=Nc1ccc(O[C@@H]2CCOC2)cc1. The van der Waals surface area contributed by atoms with Crippen molar-refractivity contribution >= 4 is 11.8 Å². The summed E-state index contributed by atoms with van der Waals surface area (Å²) >= 11 is 0. The summed E-state index contributed by atoms with van der Waals surface area (Å²) < 4.78 is 10.8. The van der Waals surface area contributed by atoms with E-state index in [1.165, 1.54) is 6.08 Å². The minimum atomic E-state index is 0.144. The van der Waals surface area contributed by atoms with Crippen LogP contribution in [0.4, 0.5) is 5.69 Å². The van der Waals surface area contributed by atoms with Gasteiger partial charge in [-0.3, -0.25) is 0 Å². The molecule has 0 radical (unpaired) electrons. The van der Waals surface area contributed by atoms with Crippen LogP contribution in [0.1, 0.15) is 6.42 Å². The van der Waals surface area contributed by atoms with Gasteiger partial charge in [0.05, 0.1) is 18.9 Å². The molecular weight excluding hydrogens is 194 g/mol. The molecule has 0 amide bonds. The first kappa shape index (κ1) is 9.90. The van der Waals surface area contributed by atoms with E-state index >= 15 is 0 Å². The van der Waals surface area contributed by atoms with E-state index in [2.05, 4.69) is 4.99 Å². The highest BCUT2D eigenvalue weighted by Gasteiger charge is 2.16. The van der Waals surface area contributed by atoms with Gasteiger partial charge in [0.1, 0.15) is 11.9 Å². The molecule has 0 aromatic heterocycles. The van der Waals surface area contributed by atoms with Gasteiger partial charge in [0.2, 0.25) is 6.08 Å². The standard InChI is InChI=1S/C11H11NO3/c13-8-12-9-1-3-10(4-2-9)15-11-5-6-14-7-11/h1-4,11H,5-7H2/t11-/m1/s1. The van der Waals surface area contributed by atoms with E-state index in [0.717, 1.165) is 18.8 Å². The van der Waals surface area contributed by atoms with Crippen LogP contribution in [0.5, 0.6) is 5.75 Å². The molecule has 78 valence electrons. The van der Waals surface area contributed by atoms with Crippen molar-refractivity contribution in [2.24, 2.45) is 4.99 Å². The lowest BCUT2D eigenvalue weighted by Gasteiger charge is -2.11. The van der Waals surface area contributed by atoms with Crippen LogP contribution in [0.3, 0.4) is 0 Å². The fraction of sp³-hybridized carbons (Fsp3) is 0.364. The maximum atomic E-state index is 10.00. The van der Waals surface area contributed by atoms with E-state index in [9.17, 15) is 4.79 Å². The molecule has 0 unspecified atom stereocenters. The van der Waals surface area contributed by atoms with Crippen LogP contribution >= 0.6 is 0 Å². The van der Waals surface area contributed by atoms with Crippen LogP contribution in [0.15, 0.2) is 29.3 Å². The van der Waals surface area contributed by atoms with E-state index in [0.29, 0.717) is 12.3 Å². The van der Waals surface area contributed by atoms with Crippen molar-refractivity contribution in [3.8, 4) is 5.75 Å². The van der Waals surface area contributed by atoms with Gasteiger partial charge in [-0.25, -0.2) is 4.79 Å². The summed E-state index contributed by atoms with van der Waals surface area (Å²) in [7, 11) is 0. The monoisotopic (exact) mass is 205 g/mol.